The molecule has 0 spiro atoms. The van der Waals surface area contributed by atoms with Gasteiger partial charge in [0.15, 0.2) is 0 Å². The Balaban J connectivity index is 1.55. The standard InChI is InChI=1S/C21H22N3O6PS/c1-12(2)29-16-9-14(19(25)22-21-24-23-20(32-21)13-3-4-13)10-17(11-16)30-15-5-7-18(8-6-15)31(26,27)28/h5-13H,3-4H2,1-2H3,(H,22,24,25)(H2,26,27,28). The highest BCUT2D eigenvalue weighted by molar-refractivity contribution is 7.60. The van der Waals surface area contributed by atoms with Crippen molar-refractivity contribution < 1.29 is 28.6 Å². The molecule has 0 atom stereocenters. The Hall–Kier alpha value is -2.78. The average Bonchev–Trinajstić information content (AvgIpc) is 3.46. The normalized spacial score (nSPS) is 13.8. The van der Waals surface area contributed by atoms with Crippen molar-refractivity contribution in [2.45, 2.75) is 38.7 Å². The molecule has 11 heteroatoms. The van der Waals surface area contributed by atoms with Crippen LogP contribution in [0, 0.1) is 0 Å². The van der Waals surface area contributed by atoms with Crippen molar-refractivity contribution in [3.63, 3.8) is 0 Å². The Kier molecular flexibility index (Phi) is 6.30. The van der Waals surface area contributed by atoms with Crippen molar-refractivity contribution in [1.82, 2.24) is 10.2 Å². The molecule has 1 aromatic heterocycles. The number of hydrogen-bond donors (Lipinski definition) is 3. The summed E-state index contributed by atoms with van der Waals surface area (Å²) in [7, 11) is -4.34. The van der Waals surface area contributed by atoms with Gasteiger partial charge in [-0.2, -0.15) is 0 Å². The third-order valence-corrected chi connectivity index (χ3v) is 6.48. The largest absolute Gasteiger partial charge is 0.491 e. The first kappa shape index (κ1) is 22.4. The number of aromatic nitrogens is 2. The zero-order chi connectivity index (χ0) is 22.9. The Morgan fingerprint density at radius 1 is 1.09 bits per heavy atom. The number of carbonyl (C=O) groups is 1. The van der Waals surface area contributed by atoms with E-state index in [1.807, 2.05) is 13.8 Å². The van der Waals surface area contributed by atoms with Gasteiger partial charge >= 0.3 is 7.60 Å². The summed E-state index contributed by atoms with van der Waals surface area (Å²) in [5, 5.41) is 12.2. The van der Waals surface area contributed by atoms with Crippen molar-refractivity contribution in [3.8, 4) is 17.2 Å². The molecular weight excluding hydrogens is 453 g/mol. The molecule has 1 aliphatic carbocycles. The summed E-state index contributed by atoms with van der Waals surface area (Å²) in [5.74, 6) is 1.23. The summed E-state index contributed by atoms with van der Waals surface area (Å²) in [4.78, 5) is 31.3. The van der Waals surface area contributed by atoms with Crippen LogP contribution in [0.4, 0.5) is 5.13 Å². The Bertz CT molecular complexity index is 1170. The minimum absolute atomic E-state index is 0.107. The van der Waals surface area contributed by atoms with Crippen LogP contribution in [0.25, 0.3) is 0 Å². The number of nitrogens with zero attached hydrogens (tertiary/aromatic N) is 2. The fraction of sp³-hybridized carbons (Fsp3) is 0.286. The van der Waals surface area contributed by atoms with Crippen LogP contribution in [-0.4, -0.2) is 32.0 Å². The smallest absolute Gasteiger partial charge is 0.356 e. The highest BCUT2D eigenvalue weighted by Gasteiger charge is 2.28. The SMILES string of the molecule is CC(C)Oc1cc(Oc2ccc(P(=O)(O)O)cc2)cc(C(=O)Nc2nnc(C3CC3)s2)c1. The van der Waals surface area contributed by atoms with E-state index in [-0.39, 0.29) is 17.3 Å². The molecule has 1 aliphatic rings. The molecule has 9 nitrogen and oxygen atoms in total. The lowest BCUT2D eigenvalue weighted by molar-refractivity contribution is 0.102. The molecule has 1 saturated carbocycles. The third-order valence-electron chi connectivity index (χ3n) is 4.51. The third kappa shape index (κ3) is 5.72. The summed E-state index contributed by atoms with van der Waals surface area (Å²) in [6.07, 6.45) is 2.09. The molecule has 168 valence electrons. The summed E-state index contributed by atoms with van der Waals surface area (Å²) < 4.78 is 22.9. The van der Waals surface area contributed by atoms with Crippen LogP contribution in [0.2, 0.25) is 0 Å². The molecule has 0 unspecified atom stereocenters. The maximum atomic E-state index is 12.8. The van der Waals surface area contributed by atoms with E-state index in [9.17, 15) is 19.1 Å². The molecule has 1 fully saturated rings. The predicted molar refractivity (Wildman–Crippen MR) is 120 cm³/mol. The Morgan fingerprint density at radius 2 is 1.78 bits per heavy atom. The highest BCUT2D eigenvalue weighted by Crippen LogP contribution is 2.42. The van der Waals surface area contributed by atoms with Gasteiger partial charge in [0.1, 0.15) is 22.3 Å². The molecule has 1 amide bonds. The molecular formula is C21H22N3O6PS. The minimum atomic E-state index is -4.34. The number of hydrogen-bond acceptors (Lipinski definition) is 7. The van der Waals surface area contributed by atoms with Gasteiger partial charge in [-0.15, -0.1) is 10.2 Å². The van der Waals surface area contributed by atoms with Crippen molar-refractivity contribution in [1.29, 1.82) is 0 Å². The number of amides is 1. The maximum absolute atomic E-state index is 12.8. The minimum Gasteiger partial charge on any atom is -0.491 e. The second kappa shape index (κ2) is 8.99. The monoisotopic (exact) mass is 475 g/mol. The number of nitrogens with one attached hydrogen (secondary N) is 1. The van der Waals surface area contributed by atoms with E-state index >= 15 is 0 Å². The first-order valence-electron chi connectivity index (χ1n) is 9.98. The van der Waals surface area contributed by atoms with Crippen LogP contribution in [0.5, 0.6) is 17.2 Å². The lowest BCUT2D eigenvalue weighted by Gasteiger charge is -2.14. The van der Waals surface area contributed by atoms with E-state index in [1.54, 1.807) is 18.2 Å². The second-order valence-corrected chi connectivity index (χ2v) is 10.3. The fourth-order valence-electron chi connectivity index (χ4n) is 2.90. The summed E-state index contributed by atoms with van der Waals surface area (Å²) >= 11 is 1.37. The van der Waals surface area contributed by atoms with Crippen molar-refractivity contribution in [2.24, 2.45) is 0 Å². The predicted octanol–water partition coefficient (Wildman–Crippen LogP) is 4.05. The summed E-state index contributed by atoms with van der Waals surface area (Å²) in [6.45, 7) is 3.74. The summed E-state index contributed by atoms with van der Waals surface area (Å²) in [5.41, 5.74) is 0.313. The quantitative estimate of drug-likeness (QED) is 0.416. The zero-order valence-corrected chi connectivity index (χ0v) is 19.1. The van der Waals surface area contributed by atoms with Gasteiger partial charge in [0, 0.05) is 17.5 Å². The molecule has 0 radical (unpaired) electrons. The maximum Gasteiger partial charge on any atom is 0.356 e. The lowest BCUT2D eigenvalue weighted by atomic mass is 10.2. The van der Waals surface area contributed by atoms with E-state index < -0.39 is 7.60 Å². The van der Waals surface area contributed by atoms with Gasteiger partial charge in [-0.25, -0.2) is 0 Å². The van der Waals surface area contributed by atoms with E-state index in [4.69, 9.17) is 9.47 Å². The van der Waals surface area contributed by atoms with Crippen LogP contribution >= 0.6 is 18.9 Å². The van der Waals surface area contributed by atoms with Gasteiger partial charge in [0.05, 0.1) is 11.4 Å². The van der Waals surface area contributed by atoms with Gasteiger partial charge < -0.3 is 19.3 Å². The van der Waals surface area contributed by atoms with Crippen LogP contribution in [-0.2, 0) is 4.57 Å². The van der Waals surface area contributed by atoms with Gasteiger partial charge in [-0.05, 0) is 63.1 Å². The molecule has 32 heavy (non-hydrogen) atoms. The zero-order valence-electron chi connectivity index (χ0n) is 17.4. The molecule has 4 rings (SSSR count). The van der Waals surface area contributed by atoms with Gasteiger partial charge in [-0.3, -0.25) is 14.7 Å². The van der Waals surface area contributed by atoms with E-state index in [0.29, 0.717) is 33.9 Å². The number of carbonyl (C=O) groups excluding carboxylic acids is 1. The average molecular weight is 475 g/mol. The van der Waals surface area contributed by atoms with Crippen LogP contribution in [0.1, 0.15) is 48.0 Å². The molecule has 1 heterocycles. The van der Waals surface area contributed by atoms with Gasteiger partial charge in [0.2, 0.25) is 5.13 Å². The molecule has 0 saturated heterocycles. The highest BCUT2D eigenvalue weighted by atomic mass is 32.1. The summed E-state index contributed by atoms with van der Waals surface area (Å²) in [6, 6.07) is 10.3. The number of ether oxygens (including phenoxy) is 2. The first-order valence-corrected chi connectivity index (χ1v) is 12.4. The topological polar surface area (TPSA) is 131 Å². The van der Waals surface area contributed by atoms with Crippen molar-refractivity contribution in [3.05, 3.63) is 53.0 Å². The molecule has 0 bridgehead atoms. The van der Waals surface area contributed by atoms with Gasteiger partial charge in [0.25, 0.3) is 5.91 Å². The molecule has 3 aromatic rings. The fourth-order valence-corrected chi connectivity index (χ4v) is 4.34. The Morgan fingerprint density at radius 3 is 2.41 bits per heavy atom. The Labute approximate surface area is 188 Å². The number of rotatable bonds is 8. The molecule has 2 aromatic carbocycles. The van der Waals surface area contributed by atoms with Crippen molar-refractivity contribution >= 4 is 35.3 Å². The van der Waals surface area contributed by atoms with E-state index in [0.717, 1.165) is 17.8 Å². The van der Waals surface area contributed by atoms with Crippen molar-refractivity contribution in [2.75, 3.05) is 5.32 Å². The first-order chi connectivity index (χ1) is 15.2. The van der Waals surface area contributed by atoms with Crippen LogP contribution < -0.4 is 20.1 Å². The van der Waals surface area contributed by atoms with Crippen LogP contribution in [0.15, 0.2) is 42.5 Å². The number of anilines is 1. The van der Waals surface area contributed by atoms with Crippen LogP contribution in [0.3, 0.4) is 0 Å². The van der Waals surface area contributed by atoms with E-state index in [2.05, 4.69) is 15.5 Å². The number of benzene rings is 2. The molecule has 3 N–H and O–H groups in total. The second-order valence-electron chi connectivity index (χ2n) is 7.67. The van der Waals surface area contributed by atoms with E-state index in [1.165, 1.54) is 35.6 Å². The molecule has 0 aliphatic heterocycles. The lowest BCUT2D eigenvalue weighted by Crippen LogP contribution is -2.13. The van der Waals surface area contributed by atoms with Gasteiger partial charge in [-0.1, -0.05) is 11.3 Å².